The molecule has 5 heteroatoms. The van der Waals surface area contributed by atoms with Crippen LogP contribution >= 0.6 is 0 Å². The first-order chi connectivity index (χ1) is 11.2. The van der Waals surface area contributed by atoms with Gasteiger partial charge in [0.2, 0.25) is 0 Å². The minimum atomic E-state index is 0.327. The molecule has 1 fully saturated rings. The lowest BCUT2D eigenvalue weighted by molar-refractivity contribution is 0.709. The van der Waals surface area contributed by atoms with Crippen LogP contribution in [0.1, 0.15) is 50.3 Å². The number of imidazole rings is 1. The Morgan fingerprint density at radius 2 is 2.00 bits per heavy atom. The summed E-state index contributed by atoms with van der Waals surface area (Å²) in [7, 11) is 0. The molecule has 0 unspecified atom stereocenters. The van der Waals surface area contributed by atoms with Crippen molar-refractivity contribution < 1.29 is 0 Å². The van der Waals surface area contributed by atoms with Crippen LogP contribution in [-0.4, -0.2) is 19.5 Å². The molecule has 3 aromatic rings. The largest absolute Gasteiger partial charge is 0.363 e. The highest BCUT2D eigenvalue weighted by molar-refractivity contribution is 5.76. The molecule has 2 aromatic heterocycles. The third-order valence-electron chi connectivity index (χ3n) is 4.20. The van der Waals surface area contributed by atoms with Crippen molar-refractivity contribution in [2.24, 2.45) is 0 Å². The van der Waals surface area contributed by atoms with Gasteiger partial charge in [0.15, 0.2) is 0 Å². The summed E-state index contributed by atoms with van der Waals surface area (Å²) >= 11 is 0. The van der Waals surface area contributed by atoms with Crippen LogP contribution in [-0.2, 0) is 6.54 Å². The number of anilines is 1. The maximum absolute atomic E-state index is 4.80. The first-order valence-electron chi connectivity index (χ1n) is 8.25. The van der Waals surface area contributed by atoms with E-state index in [4.69, 9.17) is 4.98 Å². The normalized spacial score (nSPS) is 14.6. The van der Waals surface area contributed by atoms with E-state index in [0.717, 1.165) is 23.0 Å². The molecule has 0 bridgehead atoms. The summed E-state index contributed by atoms with van der Waals surface area (Å²) in [5.74, 6) is 3.13. The van der Waals surface area contributed by atoms with Gasteiger partial charge >= 0.3 is 0 Å². The number of fused-ring (bicyclic) bond motifs is 1. The fourth-order valence-corrected chi connectivity index (χ4v) is 2.88. The molecule has 4 rings (SSSR count). The van der Waals surface area contributed by atoms with E-state index in [1.54, 1.807) is 0 Å². The molecule has 1 aromatic carbocycles. The highest BCUT2D eigenvalue weighted by Gasteiger charge is 2.27. The average molecular weight is 307 g/mol. The Balaban J connectivity index is 1.61. The molecule has 1 N–H and O–H groups in total. The van der Waals surface area contributed by atoms with Gasteiger partial charge in [0, 0.05) is 18.2 Å². The predicted octanol–water partition coefficient (Wildman–Crippen LogP) is 3.90. The molecular weight excluding hydrogens is 286 g/mol. The van der Waals surface area contributed by atoms with Crippen molar-refractivity contribution in [3.63, 3.8) is 0 Å². The highest BCUT2D eigenvalue weighted by atomic mass is 15.2. The molecular formula is C18H21N5. The molecule has 1 saturated carbocycles. The van der Waals surface area contributed by atoms with Crippen LogP contribution in [0.3, 0.4) is 0 Å². The van der Waals surface area contributed by atoms with Crippen molar-refractivity contribution in [3.05, 3.63) is 48.2 Å². The summed E-state index contributed by atoms with van der Waals surface area (Å²) in [6.07, 6.45) is 4.31. The minimum Gasteiger partial charge on any atom is -0.363 e. The van der Waals surface area contributed by atoms with Gasteiger partial charge < -0.3 is 9.88 Å². The first-order valence-corrected chi connectivity index (χ1v) is 8.25. The van der Waals surface area contributed by atoms with Crippen LogP contribution in [0.15, 0.2) is 36.5 Å². The minimum absolute atomic E-state index is 0.327. The lowest BCUT2D eigenvalue weighted by Gasteiger charge is -2.10. The molecule has 0 aliphatic heterocycles. The Hall–Kier alpha value is -2.43. The van der Waals surface area contributed by atoms with Crippen LogP contribution in [0, 0.1) is 0 Å². The molecule has 0 spiro atoms. The molecule has 2 heterocycles. The van der Waals surface area contributed by atoms with Gasteiger partial charge in [-0.05, 0) is 31.0 Å². The van der Waals surface area contributed by atoms with E-state index in [1.165, 1.54) is 18.4 Å². The number of aromatic nitrogens is 4. The van der Waals surface area contributed by atoms with Crippen molar-refractivity contribution in [3.8, 4) is 0 Å². The van der Waals surface area contributed by atoms with Gasteiger partial charge in [0.25, 0.3) is 0 Å². The Morgan fingerprint density at radius 3 is 2.78 bits per heavy atom. The molecule has 0 radical (unpaired) electrons. The molecule has 118 valence electrons. The summed E-state index contributed by atoms with van der Waals surface area (Å²) in [4.78, 5) is 13.7. The van der Waals surface area contributed by atoms with Crippen molar-refractivity contribution in [2.75, 3.05) is 5.32 Å². The third kappa shape index (κ3) is 2.79. The number of hydrogen-bond acceptors (Lipinski definition) is 4. The molecule has 5 nitrogen and oxygen atoms in total. The van der Waals surface area contributed by atoms with Crippen molar-refractivity contribution in [1.82, 2.24) is 19.5 Å². The van der Waals surface area contributed by atoms with E-state index in [2.05, 4.69) is 51.9 Å². The number of para-hydroxylation sites is 2. The van der Waals surface area contributed by atoms with Crippen LogP contribution in [0.4, 0.5) is 5.82 Å². The van der Waals surface area contributed by atoms with Crippen molar-refractivity contribution in [2.45, 2.75) is 45.2 Å². The lowest BCUT2D eigenvalue weighted by atomic mass is 10.2. The zero-order valence-corrected chi connectivity index (χ0v) is 13.5. The Labute approximate surface area is 135 Å². The Morgan fingerprint density at radius 1 is 1.17 bits per heavy atom. The standard InChI is InChI=1S/C18H21N5/c1-12(2)18-19-10-9-16(22-18)20-11-17-21-14-5-3-4-6-15(14)23(17)13-7-8-13/h3-6,9-10,12-13H,7-8,11H2,1-2H3,(H,19,20,22). The van der Waals surface area contributed by atoms with Gasteiger partial charge in [0.1, 0.15) is 17.5 Å². The van der Waals surface area contributed by atoms with Gasteiger partial charge in [0.05, 0.1) is 17.6 Å². The summed E-state index contributed by atoms with van der Waals surface area (Å²) in [5, 5.41) is 3.41. The Bertz CT molecular complexity index is 832. The van der Waals surface area contributed by atoms with Gasteiger partial charge in [-0.3, -0.25) is 0 Å². The molecule has 0 saturated heterocycles. The van der Waals surface area contributed by atoms with E-state index in [9.17, 15) is 0 Å². The number of benzene rings is 1. The lowest BCUT2D eigenvalue weighted by Crippen LogP contribution is -2.10. The van der Waals surface area contributed by atoms with E-state index in [1.807, 2.05) is 18.3 Å². The predicted molar refractivity (Wildman–Crippen MR) is 91.5 cm³/mol. The second-order valence-electron chi connectivity index (χ2n) is 6.43. The summed E-state index contributed by atoms with van der Waals surface area (Å²) in [6.45, 7) is 4.89. The highest BCUT2D eigenvalue weighted by Crippen LogP contribution is 2.38. The van der Waals surface area contributed by atoms with Crippen molar-refractivity contribution in [1.29, 1.82) is 0 Å². The maximum atomic E-state index is 4.80. The summed E-state index contributed by atoms with van der Waals surface area (Å²) in [6, 6.07) is 10.9. The monoisotopic (exact) mass is 307 g/mol. The van der Waals surface area contributed by atoms with E-state index >= 15 is 0 Å². The number of nitrogens with zero attached hydrogens (tertiary/aromatic N) is 4. The molecule has 0 atom stereocenters. The van der Waals surface area contributed by atoms with E-state index in [0.29, 0.717) is 18.5 Å². The molecule has 1 aliphatic rings. The van der Waals surface area contributed by atoms with Crippen LogP contribution in [0.2, 0.25) is 0 Å². The van der Waals surface area contributed by atoms with Gasteiger partial charge in [-0.2, -0.15) is 0 Å². The fraction of sp³-hybridized carbons (Fsp3) is 0.389. The SMILES string of the molecule is CC(C)c1nccc(NCc2nc3ccccc3n2C2CC2)n1. The number of rotatable bonds is 5. The molecule has 23 heavy (non-hydrogen) atoms. The fourth-order valence-electron chi connectivity index (χ4n) is 2.88. The van der Waals surface area contributed by atoms with Gasteiger partial charge in [-0.25, -0.2) is 15.0 Å². The van der Waals surface area contributed by atoms with Crippen molar-refractivity contribution >= 4 is 16.9 Å². The zero-order chi connectivity index (χ0) is 15.8. The summed E-state index contributed by atoms with van der Waals surface area (Å²) in [5.41, 5.74) is 2.30. The molecule has 1 aliphatic carbocycles. The summed E-state index contributed by atoms with van der Waals surface area (Å²) < 4.78 is 2.38. The topological polar surface area (TPSA) is 55.6 Å². The second kappa shape index (κ2) is 5.65. The Kier molecular flexibility index (Phi) is 3.48. The van der Waals surface area contributed by atoms with Crippen LogP contribution in [0.5, 0.6) is 0 Å². The quantitative estimate of drug-likeness (QED) is 0.777. The van der Waals surface area contributed by atoms with Crippen LogP contribution in [0.25, 0.3) is 11.0 Å². The van der Waals surface area contributed by atoms with E-state index < -0.39 is 0 Å². The first kappa shape index (κ1) is 14.2. The average Bonchev–Trinajstić information content (AvgIpc) is 3.33. The zero-order valence-electron chi connectivity index (χ0n) is 13.5. The van der Waals surface area contributed by atoms with Gasteiger partial charge in [-0.15, -0.1) is 0 Å². The number of hydrogen-bond donors (Lipinski definition) is 1. The second-order valence-corrected chi connectivity index (χ2v) is 6.43. The third-order valence-corrected chi connectivity index (χ3v) is 4.20. The molecule has 0 amide bonds. The number of nitrogens with one attached hydrogen (secondary N) is 1. The smallest absolute Gasteiger partial charge is 0.133 e. The van der Waals surface area contributed by atoms with Crippen LogP contribution < -0.4 is 5.32 Å². The van der Waals surface area contributed by atoms with Gasteiger partial charge in [-0.1, -0.05) is 26.0 Å². The maximum Gasteiger partial charge on any atom is 0.133 e. The van der Waals surface area contributed by atoms with E-state index in [-0.39, 0.29) is 0 Å².